The van der Waals surface area contributed by atoms with Crippen molar-refractivity contribution in [1.29, 1.82) is 0 Å². The maximum absolute atomic E-state index is 13.5. The van der Waals surface area contributed by atoms with E-state index in [-0.39, 0.29) is 17.5 Å². The van der Waals surface area contributed by atoms with Crippen LogP contribution in [0.25, 0.3) is 0 Å². The van der Waals surface area contributed by atoms with Gasteiger partial charge in [-0.1, -0.05) is 96.2 Å². The Morgan fingerprint density at radius 2 is 1.47 bits per heavy atom. The van der Waals surface area contributed by atoms with Crippen molar-refractivity contribution in [3.63, 3.8) is 0 Å². The number of ether oxygens (including phenoxy) is 1. The van der Waals surface area contributed by atoms with Crippen LogP contribution >= 0.6 is 11.8 Å². The lowest BCUT2D eigenvalue weighted by Crippen LogP contribution is -2.33. The zero-order valence-corrected chi connectivity index (χ0v) is 23.9. The number of aromatic nitrogens is 2. The molecule has 216 valence electrons. The number of hydrogen-bond acceptors (Lipinski definition) is 8. The van der Waals surface area contributed by atoms with E-state index in [1.165, 1.54) is 18.5 Å². The summed E-state index contributed by atoms with van der Waals surface area (Å²) in [5.41, 5.74) is 4.02. The SMILES string of the molecule is O=C(OCc1ccc([N+](=O)[O-])cc1)N1C[C@@H](SC(c2ccccc2)(c2ccccc2)c2ccccc2)C[C@H]1c1ncno1. The van der Waals surface area contributed by atoms with Gasteiger partial charge in [0.1, 0.15) is 12.6 Å². The second-order valence-electron chi connectivity index (χ2n) is 10.2. The Morgan fingerprint density at radius 1 is 0.907 bits per heavy atom. The molecule has 0 saturated carbocycles. The number of amides is 1. The summed E-state index contributed by atoms with van der Waals surface area (Å²) in [5.74, 6) is 0.347. The highest BCUT2D eigenvalue weighted by Gasteiger charge is 2.46. The van der Waals surface area contributed by atoms with Gasteiger partial charge in [-0.15, -0.1) is 11.8 Å². The number of thioether (sulfide) groups is 1. The molecule has 0 unspecified atom stereocenters. The highest BCUT2D eigenvalue weighted by Crippen LogP contribution is 2.53. The van der Waals surface area contributed by atoms with Gasteiger partial charge in [0.25, 0.3) is 5.69 Å². The minimum atomic E-state index is -0.563. The molecule has 2 atom stereocenters. The Bertz CT molecular complexity index is 1560. The summed E-state index contributed by atoms with van der Waals surface area (Å²) < 4.78 is 10.6. The van der Waals surface area contributed by atoms with E-state index in [9.17, 15) is 14.9 Å². The highest BCUT2D eigenvalue weighted by molar-refractivity contribution is 8.01. The second-order valence-corrected chi connectivity index (χ2v) is 11.7. The second kappa shape index (κ2) is 12.5. The Hall–Kier alpha value is -4.96. The topological polar surface area (TPSA) is 112 Å². The van der Waals surface area contributed by atoms with E-state index in [4.69, 9.17) is 9.26 Å². The van der Waals surface area contributed by atoms with Gasteiger partial charge >= 0.3 is 6.09 Å². The van der Waals surface area contributed by atoms with Crippen LogP contribution in [0.2, 0.25) is 0 Å². The number of likely N-dealkylation sites (tertiary alicyclic amines) is 1. The van der Waals surface area contributed by atoms with Crippen LogP contribution in [0.4, 0.5) is 10.5 Å². The molecule has 1 amide bonds. The van der Waals surface area contributed by atoms with Crippen LogP contribution in [-0.4, -0.2) is 37.9 Å². The molecule has 0 spiro atoms. The smallest absolute Gasteiger partial charge is 0.410 e. The molecule has 10 heteroatoms. The Labute approximate surface area is 252 Å². The number of non-ortho nitro benzene ring substituents is 1. The summed E-state index contributed by atoms with van der Waals surface area (Å²) in [6.45, 7) is 0.370. The van der Waals surface area contributed by atoms with Gasteiger partial charge in [-0.3, -0.25) is 15.0 Å². The van der Waals surface area contributed by atoms with E-state index in [1.54, 1.807) is 28.8 Å². The first-order valence-corrected chi connectivity index (χ1v) is 14.7. The lowest BCUT2D eigenvalue weighted by Gasteiger charge is -2.37. The summed E-state index contributed by atoms with van der Waals surface area (Å²) in [6, 6.07) is 36.7. The molecule has 0 aliphatic carbocycles. The monoisotopic (exact) mass is 592 g/mol. The van der Waals surface area contributed by atoms with E-state index < -0.39 is 21.8 Å². The zero-order chi connectivity index (χ0) is 29.6. The van der Waals surface area contributed by atoms with Gasteiger partial charge in [-0.25, -0.2) is 4.79 Å². The fraction of sp³-hybridized carbons (Fsp3) is 0.182. The first kappa shape index (κ1) is 28.2. The minimum Gasteiger partial charge on any atom is -0.445 e. The number of carbonyl (C=O) groups excluding carboxylic acids is 1. The molecule has 5 aromatic rings. The number of nitrogens with zero attached hydrogens (tertiary/aromatic N) is 4. The standard InChI is InChI=1S/C33H28N4O5S/c38-32(41-22-24-16-18-28(19-17-24)37(39)40)36-21-29(20-30(36)31-34-23-35-42-31)43-33(25-10-4-1-5-11-25,26-12-6-2-7-13-26)27-14-8-3-9-15-27/h1-19,23,29-30H,20-22H2/t29-,30-/m0/s1. The largest absolute Gasteiger partial charge is 0.445 e. The van der Waals surface area contributed by atoms with E-state index in [0.717, 1.165) is 16.7 Å². The normalized spacial score (nSPS) is 16.6. The predicted octanol–water partition coefficient (Wildman–Crippen LogP) is 7.16. The molecule has 4 aromatic carbocycles. The fourth-order valence-corrected chi connectivity index (χ4v) is 7.39. The van der Waals surface area contributed by atoms with Crippen molar-refractivity contribution in [2.45, 2.75) is 29.1 Å². The van der Waals surface area contributed by atoms with Crippen LogP contribution in [0.3, 0.4) is 0 Å². The van der Waals surface area contributed by atoms with Crippen LogP contribution in [-0.2, 0) is 16.1 Å². The quantitative estimate of drug-likeness (QED) is 0.101. The van der Waals surface area contributed by atoms with E-state index in [2.05, 4.69) is 46.5 Å². The third-order valence-corrected chi connectivity index (χ3v) is 9.29. The lowest BCUT2D eigenvalue weighted by molar-refractivity contribution is -0.384. The van der Waals surface area contributed by atoms with Crippen LogP contribution in [0.15, 0.2) is 126 Å². The van der Waals surface area contributed by atoms with Crippen molar-refractivity contribution in [3.05, 3.63) is 160 Å². The first-order valence-electron chi connectivity index (χ1n) is 13.8. The molecule has 0 bridgehead atoms. The van der Waals surface area contributed by atoms with Crippen molar-refractivity contribution in [2.75, 3.05) is 6.54 Å². The average molecular weight is 593 g/mol. The summed E-state index contributed by atoms with van der Waals surface area (Å²) in [6.07, 6.45) is 1.39. The zero-order valence-electron chi connectivity index (χ0n) is 23.1. The van der Waals surface area contributed by atoms with Crippen molar-refractivity contribution in [3.8, 4) is 0 Å². The molecule has 0 N–H and O–H groups in total. The van der Waals surface area contributed by atoms with Crippen molar-refractivity contribution in [1.82, 2.24) is 15.0 Å². The predicted molar refractivity (Wildman–Crippen MR) is 162 cm³/mol. The van der Waals surface area contributed by atoms with Gasteiger partial charge in [0.05, 0.1) is 9.67 Å². The maximum Gasteiger partial charge on any atom is 0.410 e. The van der Waals surface area contributed by atoms with Crippen LogP contribution in [0.1, 0.15) is 40.6 Å². The summed E-state index contributed by atoms with van der Waals surface area (Å²) >= 11 is 1.80. The number of nitro groups is 1. The number of rotatable bonds is 9. The van der Waals surface area contributed by atoms with Crippen LogP contribution in [0, 0.1) is 10.1 Å². The van der Waals surface area contributed by atoms with E-state index in [0.29, 0.717) is 24.4 Å². The summed E-state index contributed by atoms with van der Waals surface area (Å²) in [5, 5.41) is 14.8. The number of nitro benzene ring substituents is 1. The van der Waals surface area contributed by atoms with Crippen molar-refractivity contribution < 1.29 is 19.0 Å². The molecular weight excluding hydrogens is 564 g/mol. The van der Waals surface area contributed by atoms with Crippen molar-refractivity contribution >= 4 is 23.5 Å². The van der Waals surface area contributed by atoms with Gasteiger partial charge in [0, 0.05) is 23.9 Å². The molecule has 1 aliphatic heterocycles. The van der Waals surface area contributed by atoms with Gasteiger partial charge in [0.2, 0.25) is 5.89 Å². The van der Waals surface area contributed by atoms with E-state index >= 15 is 0 Å². The van der Waals surface area contributed by atoms with Crippen molar-refractivity contribution in [2.24, 2.45) is 0 Å². The molecule has 1 fully saturated rings. The molecule has 1 saturated heterocycles. The molecule has 1 aromatic heterocycles. The Morgan fingerprint density at radius 3 is 1.95 bits per heavy atom. The average Bonchev–Trinajstić information content (AvgIpc) is 3.75. The first-order chi connectivity index (χ1) is 21.0. The molecule has 43 heavy (non-hydrogen) atoms. The number of carbonyl (C=O) groups is 1. The molecule has 1 aliphatic rings. The molecule has 0 radical (unpaired) electrons. The molecule has 6 rings (SSSR count). The molecule has 2 heterocycles. The summed E-state index contributed by atoms with van der Waals surface area (Å²) in [7, 11) is 0. The van der Waals surface area contributed by atoms with Crippen LogP contribution in [0.5, 0.6) is 0 Å². The lowest BCUT2D eigenvalue weighted by atomic mass is 9.84. The van der Waals surface area contributed by atoms with E-state index in [1.807, 2.05) is 54.6 Å². The number of hydrogen-bond donors (Lipinski definition) is 0. The fourth-order valence-electron chi connectivity index (χ4n) is 5.56. The molecular formula is C33H28N4O5S. The molecule has 9 nitrogen and oxygen atoms in total. The van der Waals surface area contributed by atoms with Gasteiger partial charge in [-0.2, -0.15) is 4.98 Å². The minimum absolute atomic E-state index is 0.0234. The Kier molecular flexibility index (Phi) is 8.19. The number of benzene rings is 4. The van der Waals surface area contributed by atoms with Gasteiger partial charge < -0.3 is 9.26 Å². The summed E-state index contributed by atoms with van der Waals surface area (Å²) in [4.78, 5) is 30.0. The van der Waals surface area contributed by atoms with Gasteiger partial charge in [0.15, 0.2) is 6.33 Å². The Balaban J connectivity index is 1.32. The van der Waals surface area contributed by atoms with Crippen LogP contribution < -0.4 is 0 Å². The third kappa shape index (κ3) is 5.87. The highest BCUT2D eigenvalue weighted by atomic mass is 32.2. The maximum atomic E-state index is 13.5. The third-order valence-electron chi connectivity index (χ3n) is 7.55. The van der Waals surface area contributed by atoms with Gasteiger partial charge in [-0.05, 0) is 40.8 Å².